The fourth-order valence-electron chi connectivity index (χ4n) is 3.84. The summed E-state index contributed by atoms with van der Waals surface area (Å²) < 4.78 is 1.35. The van der Waals surface area contributed by atoms with Crippen molar-refractivity contribution < 1.29 is 4.79 Å². The van der Waals surface area contributed by atoms with Crippen LogP contribution in [0, 0.1) is 18.3 Å². The third-order valence-corrected chi connectivity index (χ3v) is 5.81. The molecule has 0 saturated heterocycles. The number of carbonyl (C=O) groups excluding carboxylic acids is 1. The van der Waals surface area contributed by atoms with Crippen LogP contribution in [0.5, 0.6) is 0 Å². The maximum atomic E-state index is 13.8. The molecule has 0 aliphatic rings. The third-order valence-electron chi connectivity index (χ3n) is 5.49. The molecule has 0 aliphatic carbocycles. The van der Waals surface area contributed by atoms with Crippen LogP contribution < -0.4 is 28.1 Å². The van der Waals surface area contributed by atoms with Crippen LogP contribution in [0.15, 0.2) is 41.2 Å². The van der Waals surface area contributed by atoms with E-state index in [4.69, 9.17) is 33.8 Å². The van der Waals surface area contributed by atoms with Gasteiger partial charge in [-0.25, -0.2) is 4.98 Å². The van der Waals surface area contributed by atoms with E-state index in [1.54, 1.807) is 50.2 Å². The third kappa shape index (κ3) is 4.07. The number of benzene rings is 2. The highest BCUT2D eigenvalue weighted by molar-refractivity contribution is 6.35. The molecule has 12 heteroatoms. The van der Waals surface area contributed by atoms with Crippen LogP contribution in [-0.2, 0) is 0 Å². The lowest BCUT2D eigenvalue weighted by Crippen LogP contribution is -2.29. The second-order valence-corrected chi connectivity index (χ2v) is 8.13. The molecule has 0 saturated carbocycles. The summed E-state index contributed by atoms with van der Waals surface area (Å²) in [6.07, 6.45) is 0. The van der Waals surface area contributed by atoms with Crippen molar-refractivity contribution in [2.75, 3.05) is 16.8 Å². The van der Waals surface area contributed by atoms with E-state index < -0.39 is 17.5 Å². The van der Waals surface area contributed by atoms with E-state index in [2.05, 4.69) is 15.3 Å². The number of fused-ring (bicyclic) bond motifs is 1. The molecule has 0 radical (unpaired) electrons. The van der Waals surface area contributed by atoms with E-state index in [1.807, 2.05) is 6.07 Å². The molecule has 176 valence electrons. The van der Waals surface area contributed by atoms with Gasteiger partial charge in [-0.05, 0) is 43.7 Å². The van der Waals surface area contributed by atoms with Crippen molar-refractivity contribution in [2.24, 2.45) is 5.73 Å². The minimum absolute atomic E-state index is 0.00399. The Hall–Kier alpha value is -4.69. The number of nitrogen functional groups attached to an aromatic ring is 2. The largest absolute Gasteiger partial charge is 0.382 e. The quantitative estimate of drug-likeness (QED) is 0.325. The van der Waals surface area contributed by atoms with E-state index in [-0.39, 0.29) is 44.9 Å². The van der Waals surface area contributed by atoms with Crippen LogP contribution in [-0.4, -0.2) is 25.4 Å². The Morgan fingerprint density at radius 2 is 1.89 bits per heavy atom. The van der Waals surface area contributed by atoms with Crippen LogP contribution in [0.1, 0.15) is 40.3 Å². The number of nitrogens with zero attached hydrogens (tertiary/aromatic N) is 5. The summed E-state index contributed by atoms with van der Waals surface area (Å²) in [5.41, 5.74) is 18.1. The lowest BCUT2D eigenvalue weighted by molar-refractivity contribution is 0.0999. The van der Waals surface area contributed by atoms with Crippen molar-refractivity contribution in [3.8, 4) is 11.8 Å². The number of nitriles is 1. The number of aromatic nitrogens is 4. The molecular weight excluding hydrogens is 470 g/mol. The van der Waals surface area contributed by atoms with E-state index in [0.29, 0.717) is 16.8 Å². The molecule has 2 aromatic carbocycles. The SMILES string of the molecule is Cc1c(C(N)=O)cccc1-n1c(C(C)Nc2nc(N)nc(N)c2C#N)nc2cccc(Cl)c2c1=O. The van der Waals surface area contributed by atoms with Crippen molar-refractivity contribution in [1.29, 1.82) is 5.26 Å². The summed E-state index contributed by atoms with van der Waals surface area (Å²) in [5.74, 6) is -0.511. The number of hydrogen-bond donors (Lipinski definition) is 4. The van der Waals surface area contributed by atoms with Crippen LogP contribution in [0.25, 0.3) is 16.6 Å². The van der Waals surface area contributed by atoms with Gasteiger partial charge in [-0.15, -0.1) is 0 Å². The van der Waals surface area contributed by atoms with Crippen molar-refractivity contribution in [2.45, 2.75) is 19.9 Å². The number of rotatable bonds is 5. The van der Waals surface area contributed by atoms with E-state index >= 15 is 0 Å². The number of hydrogen-bond acceptors (Lipinski definition) is 9. The Balaban J connectivity index is 2.01. The fourth-order valence-corrected chi connectivity index (χ4v) is 4.09. The average molecular weight is 490 g/mol. The van der Waals surface area contributed by atoms with E-state index in [1.165, 1.54) is 4.57 Å². The minimum atomic E-state index is -0.691. The first kappa shape index (κ1) is 23.5. The van der Waals surface area contributed by atoms with Crippen LogP contribution in [0.4, 0.5) is 17.6 Å². The Kier molecular flexibility index (Phi) is 5.98. The zero-order valence-corrected chi connectivity index (χ0v) is 19.5. The fraction of sp³-hybridized carbons (Fsp3) is 0.130. The maximum Gasteiger partial charge on any atom is 0.267 e. The number of nitrogens with two attached hydrogens (primary N) is 3. The molecule has 1 atom stereocenters. The summed E-state index contributed by atoms with van der Waals surface area (Å²) >= 11 is 6.36. The van der Waals surface area contributed by atoms with Crippen molar-refractivity contribution in [1.82, 2.24) is 19.5 Å². The topological polar surface area (TPSA) is 192 Å². The van der Waals surface area contributed by atoms with Gasteiger partial charge in [0.25, 0.3) is 5.56 Å². The van der Waals surface area contributed by atoms with Crippen molar-refractivity contribution in [3.63, 3.8) is 0 Å². The predicted octanol–water partition coefficient (Wildman–Crippen LogP) is 2.45. The zero-order chi connectivity index (χ0) is 25.4. The standard InChI is InChI=1S/C23H20ClN9O2/c1-10-12(19(27)34)5-3-8-16(10)33-21(30-15-7-4-6-14(24)17(15)22(33)35)11(2)29-20-13(9-25)18(26)31-23(28)32-20/h3-8,11H,1-2H3,(H2,27,34)(H5,26,28,29,31,32). The molecule has 35 heavy (non-hydrogen) atoms. The average Bonchev–Trinajstić information content (AvgIpc) is 2.79. The van der Waals surface area contributed by atoms with Gasteiger partial charge in [0, 0.05) is 5.56 Å². The predicted molar refractivity (Wildman–Crippen MR) is 133 cm³/mol. The summed E-state index contributed by atoms with van der Waals surface area (Å²) in [7, 11) is 0. The molecule has 4 aromatic rings. The number of nitrogens with one attached hydrogen (secondary N) is 1. The lowest BCUT2D eigenvalue weighted by Gasteiger charge is -2.22. The number of amides is 1. The Morgan fingerprint density at radius 3 is 2.57 bits per heavy atom. The van der Waals surface area contributed by atoms with Gasteiger partial charge in [0.2, 0.25) is 11.9 Å². The van der Waals surface area contributed by atoms with Crippen molar-refractivity contribution >= 4 is 46.0 Å². The Morgan fingerprint density at radius 1 is 1.17 bits per heavy atom. The van der Waals surface area contributed by atoms with Gasteiger partial charge < -0.3 is 22.5 Å². The monoisotopic (exact) mass is 489 g/mol. The molecule has 0 bridgehead atoms. The minimum Gasteiger partial charge on any atom is -0.382 e. The summed E-state index contributed by atoms with van der Waals surface area (Å²) in [6, 6.07) is 11.1. The molecule has 1 amide bonds. The number of anilines is 3. The lowest BCUT2D eigenvalue weighted by atomic mass is 10.1. The molecule has 0 spiro atoms. The summed E-state index contributed by atoms with van der Waals surface area (Å²) in [5, 5.41) is 13.0. The molecule has 4 rings (SSSR count). The summed E-state index contributed by atoms with van der Waals surface area (Å²) in [6.45, 7) is 3.40. The van der Waals surface area contributed by atoms with Gasteiger partial charge in [0.1, 0.15) is 23.3 Å². The van der Waals surface area contributed by atoms with Gasteiger partial charge in [-0.3, -0.25) is 14.2 Å². The molecule has 7 N–H and O–H groups in total. The van der Waals surface area contributed by atoms with Gasteiger partial charge in [0.15, 0.2) is 5.82 Å². The molecule has 2 aromatic heterocycles. The van der Waals surface area contributed by atoms with Crippen LogP contribution in [0.3, 0.4) is 0 Å². The Bertz CT molecular complexity index is 1610. The number of halogens is 1. The molecule has 1 unspecified atom stereocenters. The molecule has 11 nitrogen and oxygen atoms in total. The molecule has 0 fully saturated rings. The van der Waals surface area contributed by atoms with E-state index in [0.717, 1.165) is 0 Å². The summed E-state index contributed by atoms with van der Waals surface area (Å²) in [4.78, 5) is 38.3. The van der Waals surface area contributed by atoms with Crippen molar-refractivity contribution in [3.05, 3.63) is 74.3 Å². The molecule has 0 aliphatic heterocycles. The highest BCUT2D eigenvalue weighted by Crippen LogP contribution is 2.28. The number of primary amides is 1. The molecule has 2 heterocycles. The second-order valence-electron chi connectivity index (χ2n) is 7.73. The normalized spacial score (nSPS) is 11.7. The van der Waals surface area contributed by atoms with Gasteiger partial charge in [-0.1, -0.05) is 23.7 Å². The zero-order valence-electron chi connectivity index (χ0n) is 18.7. The number of carbonyl (C=O) groups is 1. The van der Waals surface area contributed by atoms with E-state index in [9.17, 15) is 14.9 Å². The van der Waals surface area contributed by atoms with Gasteiger partial charge in [-0.2, -0.15) is 15.2 Å². The van der Waals surface area contributed by atoms with Gasteiger partial charge in [0.05, 0.1) is 27.7 Å². The first-order chi connectivity index (χ1) is 16.6. The van der Waals surface area contributed by atoms with Crippen LogP contribution >= 0.6 is 11.6 Å². The van der Waals surface area contributed by atoms with Gasteiger partial charge >= 0.3 is 0 Å². The second kappa shape index (κ2) is 8.92. The Labute approximate surface area is 204 Å². The first-order valence-electron chi connectivity index (χ1n) is 10.3. The maximum absolute atomic E-state index is 13.8. The smallest absolute Gasteiger partial charge is 0.267 e. The van der Waals surface area contributed by atoms with Crippen LogP contribution in [0.2, 0.25) is 5.02 Å². The molecular formula is C23H20ClN9O2. The first-order valence-corrected chi connectivity index (χ1v) is 10.7. The highest BCUT2D eigenvalue weighted by Gasteiger charge is 2.23. The highest BCUT2D eigenvalue weighted by atomic mass is 35.5.